The molecule has 2 heterocycles. The van der Waals surface area contributed by atoms with Crippen LogP contribution >= 0.6 is 0 Å². The van der Waals surface area contributed by atoms with Crippen molar-refractivity contribution in [3.8, 4) is 0 Å². The zero-order valence-corrected chi connectivity index (χ0v) is 6.99. The van der Waals surface area contributed by atoms with E-state index in [0.717, 1.165) is 11.2 Å². The second kappa shape index (κ2) is 2.60. The van der Waals surface area contributed by atoms with Gasteiger partial charge in [-0.1, -0.05) is 6.07 Å². The minimum atomic E-state index is 0.555. The number of aromatic nitrogens is 2. The lowest BCUT2D eigenvalue weighted by atomic mass is 10.2. The Kier molecular flexibility index (Phi) is 1.59. The fraction of sp³-hybridized carbons (Fsp3) is 0.222. The zero-order valence-electron chi connectivity index (χ0n) is 6.99. The van der Waals surface area contributed by atoms with Gasteiger partial charge in [-0.2, -0.15) is 0 Å². The van der Waals surface area contributed by atoms with Gasteiger partial charge in [0.05, 0.1) is 18.0 Å². The third-order valence-corrected chi connectivity index (χ3v) is 2.11. The van der Waals surface area contributed by atoms with Gasteiger partial charge in [-0.3, -0.25) is 0 Å². The topological polar surface area (TPSA) is 43.3 Å². The molecule has 3 heteroatoms. The molecule has 0 atom stereocenters. The van der Waals surface area contributed by atoms with Gasteiger partial charge in [-0.25, -0.2) is 4.98 Å². The van der Waals surface area contributed by atoms with E-state index in [1.165, 1.54) is 5.56 Å². The maximum absolute atomic E-state index is 5.63. The van der Waals surface area contributed by atoms with Crippen LogP contribution in [0.5, 0.6) is 0 Å². The monoisotopic (exact) mass is 161 g/mol. The summed E-state index contributed by atoms with van der Waals surface area (Å²) in [7, 11) is 0. The predicted octanol–water partition coefficient (Wildman–Crippen LogP) is 1.10. The maximum atomic E-state index is 5.63. The summed E-state index contributed by atoms with van der Waals surface area (Å²) in [5.74, 6) is 0. The van der Waals surface area contributed by atoms with Crippen LogP contribution in [-0.4, -0.2) is 9.38 Å². The summed E-state index contributed by atoms with van der Waals surface area (Å²) >= 11 is 0. The lowest BCUT2D eigenvalue weighted by molar-refractivity contribution is 0.922. The van der Waals surface area contributed by atoms with Gasteiger partial charge in [0.2, 0.25) is 0 Å². The molecule has 0 fully saturated rings. The molecule has 0 aliphatic carbocycles. The van der Waals surface area contributed by atoms with Crippen LogP contribution in [0.1, 0.15) is 11.3 Å². The number of pyridine rings is 1. The number of hydrogen-bond acceptors (Lipinski definition) is 2. The Morgan fingerprint density at radius 1 is 1.50 bits per heavy atom. The molecule has 0 saturated heterocycles. The summed E-state index contributed by atoms with van der Waals surface area (Å²) in [6, 6.07) is 4.11. The lowest BCUT2D eigenvalue weighted by Crippen LogP contribution is -2.05. The highest BCUT2D eigenvalue weighted by Crippen LogP contribution is 2.10. The van der Waals surface area contributed by atoms with Gasteiger partial charge in [0, 0.05) is 12.2 Å². The molecule has 0 unspecified atom stereocenters. The van der Waals surface area contributed by atoms with E-state index in [1.807, 2.05) is 16.7 Å². The molecule has 0 aromatic carbocycles. The highest BCUT2D eigenvalue weighted by atomic mass is 15.0. The van der Waals surface area contributed by atoms with Crippen molar-refractivity contribution in [2.45, 2.75) is 13.5 Å². The Morgan fingerprint density at radius 3 is 3.08 bits per heavy atom. The van der Waals surface area contributed by atoms with Crippen LogP contribution in [0.25, 0.3) is 5.52 Å². The molecule has 2 aromatic heterocycles. The van der Waals surface area contributed by atoms with Gasteiger partial charge >= 0.3 is 0 Å². The third kappa shape index (κ3) is 0.905. The minimum absolute atomic E-state index is 0.555. The summed E-state index contributed by atoms with van der Waals surface area (Å²) in [5.41, 5.74) is 9.07. The molecule has 0 spiro atoms. The molecule has 0 saturated carbocycles. The normalized spacial score (nSPS) is 10.8. The van der Waals surface area contributed by atoms with Crippen molar-refractivity contribution in [2.24, 2.45) is 5.73 Å². The Morgan fingerprint density at radius 2 is 2.33 bits per heavy atom. The standard InChI is InChI=1S/C9H11N3/c1-7-2-3-8-5-11-6-12(8)9(7)4-10/h2-3,5-6H,4,10H2,1H3. The van der Waals surface area contributed by atoms with E-state index in [4.69, 9.17) is 5.73 Å². The Balaban J connectivity index is 2.83. The van der Waals surface area contributed by atoms with Crippen LogP contribution < -0.4 is 5.73 Å². The van der Waals surface area contributed by atoms with Gasteiger partial charge in [0.15, 0.2) is 0 Å². The van der Waals surface area contributed by atoms with Crippen LogP contribution in [-0.2, 0) is 6.54 Å². The van der Waals surface area contributed by atoms with Crippen LogP contribution in [0.4, 0.5) is 0 Å². The second-order valence-electron chi connectivity index (χ2n) is 2.86. The van der Waals surface area contributed by atoms with Gasteiger partial charge < -0.3 is 10.1 Å². The first-order chi connectivity index (χ1) is 5.83. The third-order valence-electron chi connectivity index (χ3n) is 2.11. The minimum Gasteiger partial charge on any atom is -0.325 e. The summed E-state index contributed by atoms with van der Waals surface area (Å²) in [6.45, 7) is 2.61. The molecule has 0 radical (unpaired) electrons. The Labute approximate surface area is 70.8 Å². The van der Waals surface area contributed by atoms with Crippen molar-refractivity contribution in [3.05, 3.63) is 35.9 Å². The number of imidazole rings is 1. The van der Waals surface area contributed by atoms with Gasteiger partial charge in [0.1, 0.15) is 0 Å². The van der Waals surface area contributed by atoms with Crippen molar-refractivity contribution in [2.75, 3.05) is 0 Å². The van der Waals surface area contributed by atoms with E-state index >= 15 is 0 Å². The number of nitrogens with zero attached hydrogens (tertiary/aromatic N) is 2. The highest BCUT2D eigenvalue weighted by molar-refractivity contribution is 5.47. The fourth-order valence-corrected chi connectivity index (χ4v) is 1.41. The molecule has 0 aliphatic heterocycles. The molecular formula is C9H11N3. The first-order valence-electron chi connectivity index (χ1n) is 3.93. The summed E-state index contributed by atoms with van der Waals surface area (Å²) in [5, 5.41) is 0. The largest absolute Gasteiger partial charge is 0.325 e. The van der Waals surface area contributed by atoms with Crippen LogP contribution in [0.15, 0.2) is 24.7 Å². The zero-order chi connectivity index (χ0) is 8.55. The van der Waals surface area contributed by atoms with Gasteiger partial charge in [-0.15, -0.1) is 0 Å². The molecule has 2 N–H and O–H groups in total. The van der Waals surface area contributed by atoms with Crippen molar-refractivity contribution in [1.82, 2.24) is 9.38 Å². The Hall–Kier alpha value is -1.35. The molecule has 3 nitrogen and oxygen atoms in total. The van der Waals surface area contributed by atoms with E-state index < -0.39 is 0 Å². The average Bonchev–Trinajstić information content (AvgIpc) is 2.52. The van der Waals surface area contributed by atoms with Crippen LogP contribution in [0.3, 0.4) is 0 Å². The number of rotatable bonds is 1. The molecule has 0 bridgehead atoms. The SMILES string of the molecule is Cc1ccc2cncn2c1CN. The van der Waals surface area contributed by atoms with Crippen molar-refractivity contribution in [1.29, 1.82) is 0 Å². The molecule has 2 aromatic rings. The second-order valence-corrected chi connectivity index (χ2v) is 2.86. The van der Waals surface area contributed by atoms with Crippen LogP contribution in [0.2, 0.25) is 0 Å². The quantitative estimate of drug-likeness (QED) is 0.680. The van der Waals surface area contributed by atoms with Gasteiger partial charge in [0.25, 0.3) is 0 Å². The lowest BCUT2D eigenvalue weighted by Gasteiger charge is -2.05. The van der Waals surface area contributed by atoms with Crippen molar-refractivity contribution < 1.29 is 0 Å². The van der Waals surface area contributed by atoms with E-state index in [9.17, 15) is 0 Å². The highest BCUT2D eigenvalue weighted by Gasteiger charge is 2.01. The molecule has 12 heavy (non-hydrogen) atoms. The van der Waals surface area contributed by atoms with E-state index in [2.05, 4.69) is 18.0 Å². The van der Waals surface area contributed by atoms with Crippen LogP contribution in [0, 0.1) is 6.92 Å². The number of nitrogens with two attached hydrogens (primary N) is 1. The maximum Gasteiger partial charge on any atom is 0.0994 e. The molecule has 0 aliphatic rings. The summed E-state index contributed by atoms with van der Waals surface area (Å²) in [6.07, 6.45) is 3.63. The van der Waals surface area contributed by atoms with E-state index in [0.29, 0.717) is 6.54 Å². The number of aryl methyl sites for hydroxylation is 1. The molecule has 62 valence electrons. The van der Waals surface area contributed by atoms with Gasteiger partial charge in [-0.05, 0) is 18.6 Å². The molecule has 2 rings (SSSR count). The molecule has 0 amide bonds. The average molecular weight is 161 g/mol. The smallest absolute Gasteiger partial charge is 0.0994 e. The summed E-state index contributed by atoms with van der Waals surface area (Å²) < 4.78 is 2.02. The Bertz CT molecular complexity index is 403. The summed E-state index contributed by atoms with van der Waals surface area (Å²) in [4.78, 5) is 4.06. The first-order valence-corrected chi connectivity index (χ1v) is 3.93. The first kappa shape index (κ1) is 7.31. The van der Waals surface area contributed by atoms with Crippen molar-refractivity contribution in [3.63, 3.8) is 0 Å². The van der Waals surface area contributed by atoms with E-state index in [1.54, 1.807) is 6.33 Å². The molecular weight excluding hydrogens is 150 g/mol. The van der Waals surface area contributed by atoms with E-state index in [-0.39, 0.29) is 0 Å². The van der Waals surface area contributed by atoms with Crippen molar-refractivity contribution >= 4 is 5.52 Å². The number of fused-ring (bicyclic) bond motifs is 1. The fourth-order valence-electron chi connectivity index (χ4n) is 1.41. The number of hydrogen-bond donors (Lipinski definition) is 1. The predicted molar refractivity (Wildman–Crippen MR) is 47.8 cm³/mol.